The summed E-state index contributed by atoms with van der Waals surface area (Å²) in [6, 6.07) is 8.94. The number of benzene rings is 1. The van der Waals surface area contributed by atoms with E-state index in [9.17, 15) is 4.79 Å². The van der Waals surface area contributed by atoms with Gasteiger partial charge < -0.3 is 14.0 Å². The molecular weight excluding hydrogens is 246 g/mol. The lowest BCUT2D eigenvalue weighted by atomic mass is 10.1. The Kier molecular flexibility index (Phi) is 4.18. The fraction of sp³-hybridized carbons (Fsp3) is 0.286. The Bertz CT molecular complexity index is 545. The van der Waals surface area contributed by atoms with Crippen LogP contribution in [0.5, 0.6) is 5.75 Å². The third-order valence-corrected chi connectivity index (χ3v) is 2.44. The highest BCUT2D eigenvalue weighted by molar-refractivity contribution is 5.88. The molecule has 0 N–H and O–H groups in total. The number of hydrogen-bond donors (Lipinski definition) is 0. The highest BCUT2D eigenvalue weighted by Crippen LogP contribution is 2.23. The number of rotatable bonds is 5. The fourth-order valence-electron chi connectivity index (χ4n) is 1.59. The van der Waals surface area contributed by atoms with E-state index < -0.39 is 5.97 Å². The van der Waals surface area contributed by atoms with Gasteiger partial charge in [0.2, 0.25) is 0 Å². The fourth-order valence-corrected chi connectivity index (χ4v) is 1.59. The standard InChI is InChI=1S/C14H15NO4/c1-3-17-11-7-5-10(6-8-11)13-9-12(15-19-13)14(16)18-4-2/h5-9H,3-4H2,1-2H3. The third kappa shape index (κ3) is 3.13. The van der Waals surface area contributed by atoms with Crippen molar-refractivity contribution in [3.8, 4) is 17.1 Å². The molecule has 0 bridgehead atoms. The van der Waals surface area contributed by atoms with Gasteiger partial charge in [0.15, 0.2) is 11.5 Å². The molecule has 0 amide bonds. The first-order valence-corrected chi connectivity index (χ1v) is 6.11. The Hall–Kier alpha value is -2.30. The molecule has 0 aliphatic rings. The third-order valence-electron chi connectivity index (χ3n) is 2.44. The Morgan fingerprint density at radius 3 is 2.58 bits per heavy atom. The zero-order valence-corrected chi connectivity index (χ0v) is 10.9. The van der Waals surface area contributed by atoms with Gasteiger partial charge >= 0.3 is 5.97 Å². The van der Waals surface area contributed by atoms with Gasteiger partial charge in [0.1, 0.15) is 5.75 Å². The minimum atomic E-state index is -0.483. The van der Waals surface area contributed by atoms with E-state index in [0.717, 1.165) is 11.3 Å². The van der Waals surface area contributed by atoms with Crippen LogP contribution in [0.15, 0.2) is 34.9 Å². The van der Waals surface area contributed by atoms with Gasteiger partial charge in [0.25, 0.3) is 0 Å². The molecular formula is C14H15NO4. The summed E-state index contributed by atoms with van der Waals surface area (Å²) in [7, 11) is 0. The molecule has 2 rings (SSSR count). The van der Waals surface area contributed by atoms with E-state index in [2.05, 4.69) is 5.16 Å². The lowest BCUT2D eigenvalue weighted by Gasteiger charge is -2.02. The molecule has 5 heteroatoms. The summed E-state index contributed by atoms with van der Waals surface area (Å²) in [5.74, 6) is 0.825. The second-order valence-corrected chi connectivity index (χ2v) is 3.75. The largest absolute Gasteiger partial charge is 0.494 e. The monoisotopic (exact) mass is 261 g/mol. The second kappa shape index (κ2) is 6.04. The summed E-state index contributed by atoms with van der Waals surface area (Å²) in [5.41, 5.74) is 0.997. The molecule has 0 aliphatic carbocycles. The molecule has 0 saturated heterocycles. The van der Waals surface area contributed by atoms with Gasteiger partial charge in [-0.1, -0.05) is 5.16 Å². The Morgan fingerprint density at radius 2 is 1.95 bits per heavy atom. The summed E-state index contributed by atoms with van der Waals surface area (Å²) in [6.45, 7) is 4.60. The number of carbonyl (C=O) groups excluding carboxylic acids is 1. The number of ether oxygens (including phenoxy) is 2. The molecule has 19 heavy (non-hydrogen) atoms. The Morgan fingerprint density at radius 1 is 1.21 bits per heavy atom. The van der Waals surface area contributed by atoms with Crippen molar-refractivity contribution in [3.63, 3.8) is 0 Å². The molecule has 1 aromatic carbocycles. The van der Waals surface area contributed by atoms with Gasteiger partial charge in [-0.05, 0) is 38.1 Å². The second-order valence-electron chi connectivity index (χ2n) is 3.75. The lowest BCUT2D eigenvalue weighted by Crippen LogP contribution is -2.04. The van der Waals surface area contributed by atoms with E-state index in [1.807, 2.05) is 31.2 Å². The van der Waals surface area contributed by atoms with Crippen LogP contribution >= 0.6 is 0 Å². The first-order chi connectivity index (χ1) is 9.24. The average molecular weight is 261 g/mol. The highest BCUT2D eigenvalue weighted by atomic mass is 16.5. The van der Waals surface area contributed by atoms with Crippen LogP contribution in [-0.2, 0) is 4.74 Å². The van der Waals surface area contributed by atoms with Crippen molar-refractivity contribution in [2.75, 3.05) is 13.2 Å². The van der Waals surface area contributed by atoms with Crippen LogP contribution in [-0.4, -0.2) is 24.3 Å². The van der Waals surface area contributed by atoms with Crippen LogP contribution in [0.2, 0.25) is 0 Å². The predicted molar refractivity (Wildman–Crippen MR) is 69.1 cm³/mol. The van der Waals surface area contributed by atoms with Crippen molar-refractivity contribution >= 4 is 5.97 Å². The maximum Gasteiger partial charge on any atom is 0.360 e. The molecule has 0 saturated carbocycles. The van der Waals surface area contributed by atoms with Crippen LogP contribution in [0.4, 0.5) is 0 Å². The molecule has 0 atom stereocenters. The van der Waals surface area contributed by atoms with Crippen molar-refractivity contribution < 1.29 is 18.8 Å². The van der Waals surface area contributed by atoms with Crippen LogP contribution in [0.25, 0.3) is 11.3 Å². The molecule has 2 aromatic rings. The topological polar surface area (TPSA) is 61.6 Å². The SMILES string of the molecule is CCOC(=O)c1cc(-c2ccc(OCC)cc2)on1. The van der Waals surface area contributed by atoms with Gasteiger partial charge in [0.05, 0.1) is 13.2 Å². The first kappa shape index (κ1) is 13.1. The van der Waals surface area contributed by atoms with E-state index >= 15 is 0 Å². The van der Waals surface area contributed by atoms with Gasteiger partial charge in [0, 0.05) is 11.6 Å². The molecule has 5 nitrogen and oxygen atoms in total. The quantitative estimate of drug-likeness (QED) is 0.774. The maximum absolute atomic E-state index is 11.5. The van der Waals surface area contributed by atoms with Crippen LogP contribution in [0.3, 0.4) is 0 Å². The van der Waals surface area contributed by atoms with Crippen LogP contribution < -0.4 is 4.74 Å². The van der Waals surface area contributed by atoms with Gasteiger partial charge in [-0.15, -0.1) is 0 Å². The average Bonchev–Trinajstić information content (AvgIpc) is 2.90. The Balaban J connectivity index is 2.15. The maximum atomic E-state index is 11.5. The number of nitrogens with zero attached hydrogens (tertiary/aromatic N) is 1. The molecule has 0 unspecified atom stereocenters. The number of aromatic nitrogens is 1. The molecule has 0 radical (unpaired) electrons. The summed E-state index contributed by atoms with van der Waals surface area (Å²) in [4.78, 5) is 11.5. The molecule has 0 spiro atoms. The van der Waals surface area contributed by atoms with E-state index in [1.165, 1.54) is 0 Å². The van der Waals surface area contributed by atoms with E-state index in [0.29, 0.717) is 19.0 Å². The van der Waals surface area contributed by atoms with Crippen molar-refractivity contribution in [1.82, 2.24) is 5.16 Å². The summed E-state index contributed by atoms with van der Waals surface area (Å²) in [5, 5.41) is 3.69. The first-order valence-electron chi connectivity index (χ1n) is 6.11. The normalized spacial score (nSPS) is 10.2. The van der Waals surface area contributed by atoms with Gasteiger partial charge in [-0.3, -0.25) is 0 Å². The number of hydrogen-bond acceptors (Lipinski definition) is 5. The zero-order chi connectivity index (χ0) is 13.7. The van der Waals surface area contributed by atoms with Gasteiger partial charge in [-0.2, -0.15) is 0 Å². The predicted octanol–water partition coefficient (Wildman–Crippen LogP) is 2.92. The summed E-state index contributed by atoms with van der Waals surface area (Å²) < 4.78 is 15.3. The van der Waals surface area contributed by atoms with Crippen molar-refractivity contribution in [2.45, 2.75) is 13.8 Å². The molecule has 1 heterocycles. The minimum Gasteiger partial charge on any atom is -0.494 e. The summed E-state index contributed by atoms with van der Waals surface area (Å²) >= 11 is 0. The minimum absolute atomic E-state index is 0.172. The Labute approximate surface area is 111 Å². The molecule has 0 fully saturated rings. The van der Waals surface area contributed by atoms with Crippen molar-refractivity contribution in [3.05, 3.63) is 36.0 Å². The van der Waals surface area contributed by atoms with Crippen LogP contribution in [0.1, 0.15) is 24.3 Å². The number of esters is 1. The van der Waals surface area contributed by atoms with E-state index in [-0.39, 0.29) is 5.69 Å². The lowest BCUT2D eigenvalue weighted by molar-refractivity contribution is 0.0514. The van der Waals surface area contributed by atoms with E-state index in [4.69, 9.17) is 14.0 Å². The summed E-state index contributed by atoms with van der Waals surface area (Å²) in [6.07, 6.45) is 0. The highest BCUT2D eigenvalue weighted by Gasteiger charge is 2.14. The van der Waals surface area contributed by atoms with Crippen molar-refractivity contribution in [2.24, 2.45) is 0 Å². The smallest absolute Gasteiger partial charge is 0.360 e. The molecule has 100 valence electrons. The van der Waals surface area contributed by atoms with E-state index in [1.54, 1.807) is 13.0 Å². The zero-order valence-electron chi connectivity index (χ0n) is 10.9. The van der Waals surface area contributed by atoms with Crippen molar-refractivity contribution in [1.29, 1.82) is 0 Å². The number of carbonyl (C=O) groups is 1. The van der Waals surface area contributed by atoms with Crippen LogP contribution in [0, 0.1) is 0 Å². The molecule has 1 aromatic heterocycles. The van der Waals surface area contributed by atoms with Gasteiger partial charge in [-0.25, -0.2) is 4.79 Å². The molecule has 0 aliphatic heterocycles.